The van der Waals surface area contributed by atoms with Crippen molar-refractivity contribution in [3.63, 3.8) is 0 Å². The van der Waals surface area contributed by atoms with Gasteiger partial charge in [0.25, 0.3) is 0 Å². The standard InChI is InChI=1S/C23H29FN6O2S2/c1-4-14-34(31,32)29-16-7-5-6-15(18(16)24)19-20(17-8-11-26-22(25)27-17)33-21(28-19)23(2)9-12-30(3)13-10-23/h5-8,11,29H,4,9-10,12-14H2,1-3H3,(H2,25,26,27). The molecule has 0 bridgehead atoms. The molecule has 8 nitrogen and oxygen atoms in total. The van der Waals surface area contributed by atoms with E-state index >= 15 is 4.39 Å². The van der Waals surface area contributed by atoms with Gasteiger partial charge in [0.2, 0.25) is 16.0 Å². The minimum atomic E-state index is -3.65. The summed E-state index contributed by atoms with van der Waals surface area (Å²) in [6, 6.07) is 6.37. The molecule has 0 atom stereocenters. The molecule has 3 heterocycles. The van der Waals surface area contributed by atoms with Crippen LogP contribution in [0.5, 0.6) is 0 Å². The summed E-state index contributed by atoms with van der Waals surface area (Å²) < 4.78 is 42.6. The summed E-state index contributed by atoms with van der Waals surface area (Å²) >= 11 is 1.48. The lowest BCUT2D eigenvalue weighted by Crippen LogP contribution is -2.38. The predicted octanol–water partition coefficient (Wildman–Crippen LogP) is 4.12. The monoisotopic (exact) mass is 504 g/mol. The van der Waals surface area contributed by atoms with Crippen LogP contribution >= 0.6 is 11.3 Å². The molecule has 0 aliphatic carbocycles. The van der Waals surface area contributed by atoms with Gasteiger partial charge >= 0.3 is 0 Å². The highest BCUT2D eigenvalue weighted by atomic mass is 32.2. The molecular formula is C23H29FN6O2S2. The number of hydrogen-bond donors (Lipinski definition) is 2. The van der Waals surface area contributed by atoms with Crippen molar-refractivity contribution in [1.82, 2.24) is 19.9 Å². The van der Waals surface area contributed by atoms with Crippen LogP contribution in [0.4, 0.5) is 16.0 Å². The van der Waals surface area contributed by atoms with Gasteiger partial charge in [0.05, 0.1) is 32.7 Å². The van der Waals surface area contributed by atoms with Gasteiger partial charge in [-0.05, 0) is 57.6 Å². The van der Waals surface area contributed by atoms with E-state index in [4.69, 9.17) is 10.7 Å². The van der Waals surface area contributed by atoms with Crippen molar-refractivity contribution >= 4 is 33.0 Å². The fraction of sp³-hybridized carbons (Fsp3) is 0.435. The topological polar surface area (TPSA) is 114 Å². The minimum Gasteiger partial charge on any atom is -0.368 e. The Bertz CT molecular complexity index is 1290. The molecule has 2 aromatic heterocycles. The average molecular weight is 505 g/mol. The van der Waals surface area contributed by atoms with Crippen molar-refractivity contribution in [3.05, 3.63) is 41.3 Å². The molecular weight excluding hydrogens is 475 g/mol. The van der Waals surface area contributed by atoms with E-state index in [1.807, 2.05) is 0 Å². The third-order valence-electron chi connectivity index (χ3n) is 6.13. The number of halogens is 1. The molecule has 0 amide bonds. The quantitative estimate of drug-likeness (QED) is 0.497. The molecule has 3 aromatic rings. The lowest BCUT2D eigenvalue weighted by atomic mass is 9.81. The number of nitrogens with zero attached hydrogens (tertiary/aromatic N) is 4. The van der Waals surface area contributed by atoms with Crippen LogP contribution in [0.2, 0.25) is 0 Å². The van der Waals surface area contributed by atoms with E-state index < -0.39 is 15.8 Å². The van der Waals surface area contributed by atoms with E-state index in [1.54, 1.807) is 31.3 Å². The highest BCUT2D eigenvalue weighted by molar-refractivity contribution is 7.92. The molecule has 0 radical (unpaired) electrons. The first kappa shape index (κ1) is 24.5. The molecule has 0 saturated carbocycles. The summed E-state index contributed by atoms with van der Waals surface area (Å²) in [5.74, 6) is -0.642. The molecule has 11 heteroatoms. The molecule has 1 aliphatic rings. The van der Waals surface area contributed by atoms with Crippen molar-refractivity contribution in [1.29, 1.82) is 0 Å². The second-order valence-corrected chi connectivity index (χ2v) is 11.8. The van der Waals surface area contributed by atoms with Crippen LogP contribution in [0, 0.1) is 5.82 Å². The Balaban J connectivity index is 1.84. The van der Waals surface area contributed by atoms with Crippen molar-refractivity contribution in [3.8, 4) is 21.8 Å². The lowest BCUT2D eigenvalue weighted by Gasteiger charge is -2.36. The Hall–Kier alpha value is -2.63. The highest BCUT2D eigenvalue weighted by Gasteiger charge is 2.35. The lowest BCUT2D eigenvalue weighted by molar-refractivity contribution is 0.199. The molecule has 1 aliphatic heterocycles. The average Bonchev–Trinajstić information content (AvgIpc) is 3.23. The number of thiazole rings is 1. The van der Waals surface area contributed by atoms with Crippen LogP contribution in [0.3, 0.4) is 0 Å². The van der Waals surface area contributed by atoms with Crippen molar-refractivity contribution < 1.29 is 12.8 Å². The summed E-state index contributed by atoms with van der Waals surface area (Å²) in [5.41, 5.74) is 6.77. The van der Waals surface area contributed by atoms with Gasteiger partial charge in [-0.2, -0.15) is 0 Å². The Labute approximate surface area is 203 Å². The Morgan fingerprint density at radius 2 is 1.97 bits per heavy atom. The summed E-state index contributed by atoms with van der Waals surface area (Å²) in [7, 11) is -1.55. The van der Waals surface area contributed by atoms with Crippen LogP contribution in [-0.2, 0) is 15.4 Å². The maximum absolute atomic E-state index is 15.7. The predicted molar refractivity (Wildman–Crippen MR) is 135 cm³/mol. The normalized spacial score (nSPS) is 16.5. The van der Waals surface area contributed by atoms with Crippen molar-refractivity contribution in [2.75, 3.05) is 36.3 Å². The van der Waals surface area contributed by atoms with E-state index in [2.05, 4.69) is 33.6 Å². The fourth-order valence-electron chi connectivity index (χ4n) is 4.04. The van der Waals surface area contributed by atoms with Crippen LogP contribution in [0.1, 0.15) is 38.1 Å². The van der Waals surface area contributed by atoms with Gasteiger partial charge in [-0.25, -0.2) is 27.8 Å². The molecule has 1 saturated heterocycles. The molecule has 4 rings (SSSR count). The first-order valence-electron chi connectivity index (χ1n) is 11.2. The zero-order valence-electron chi connectivity index (χ0n) is 19.5. The van der Waals surface area contributed by atoms with Crippen molar-refractivity contribution in [2.24, 2.45) is 0 Å². The maximum atomic E-state index is 15.7. The van der Waals surface area contributed by atoms with Gasteiger partial charge in [0, 0.05) is 17.2 Å². The van der Waals surface area contributed by atoms with Gasteiger partial charge < -0.3 is 10.6 Å². The minimum absolute atomic E-state index is 0.0875. The molecule has 0 unspecified atom stereocenters. The number of nitrogens with two attached hydrogens (primary N) is 1. The largest absolute Gasteiger partial charge is 0.368 e. The first-order chi connectivity index (χ1) is 16.1. The van der Waals surface area contributed by atoms with Crippen molar-refractivity contribution in [2.45, 2.75) is 38.5 Å². The SMILES string of the molecule is CCCS(=O)(=O)Nc1cccc(-c2nc(C3(C)CCN(C)CC3)sc2-c2ccnc(N)n2)c1F. The van der Waals surface area contributed by atoms with Gasteiger partial charge in [-0.15, -0.1) is 11.3 Å². The maximum Gasteiger partial charge on any atom is 0.232 e. The zero-order chi connectivity index (χ0) is 24.5. The summed E-state index contributed by atoms with van der Waals surface area (Å²) in [4.78, 5) is 16.2. The molecule has 1 fully saturated rings. The smallest absolute Gasteiger partial charge is 0.232 e. The van der Waals surface area contributed by atoms with Crippen LogP contribution in [-0.4, -0.2) is 54.2 Å². The van der Waals surface area contributed by atoms with Gasteiger partial charge in [-0.3, -0.25) is 4.72 Å². The highest BCUT2D eigenvalue weighted by Crippen LogP contribution is 2.45. The Kier molecular flexibility index (Phi) is 6.88. The Morgan fingerprint density at radius 3 is 2.65 bits per heavy atom. The number of rotatable bonds is 7. The first-order valence-corrected chi connectivity index (χ1v) is 13.7. The number of anilines is 2. The Morgan fingerprint density at radius 1 is 1.24 bits per heavy atom. The number of hydrogen-bond acceptors (Lipinski definition) is 8. The number of benzene rings is 1. The van der Waals surface area contributed by atoms with E-state index in [0.29, 0.717) is 22.7 Å². The molecule has 0 spiro atoms. The summed E-state index contributed by atoms with van der Waals surface area (Å²) in [5, 5.41) is 0.902. The van der Waals surface area contributed by atoms with E-state index in [0.717, 1.165) is 30.9 Å². The molecule has 1 aromatic carbocycles. The zero-order valence-corrected chi connectivity index (χ0v) is 21.1. The second kappa shape index (κ2) is 9.55. The van der Waals surface area contributed by atoms with E-state index in [-0.39, 0.29) is 28.4 Å². The second-order valence-electron chi connectivity index (χ2n) is 8.95. The van der Waals surface area contributed by atoms with Gasteiger partial charge in [0.1, 0.15) is 0 Å². The van der Waals surface area contributed by atoms with E-state index in [9.17, 15) is 8.42 Å². The molecule has 3 N–H and O–H groups in total. The number of nitrogen functional groups attached to an aromatic ring is 1. The number of piperidine rings is 1. The van der Waals surface area contributed by atoms with Crippen LogP contribution in [0.25, 0.3) is 21.8 Å². The fourth-order valence-corrected chi connectivity index (χ4v) is 6.43. The third kappa shape index (κ3) is 5.06. The number of sulfonamides is 1. The summed E-state index contributed by atoms with van der Waals surface area (Å²) in [6.45, 7) is 5.84. The van der Waals surface area contributed by atoms with Gasteiger partial charge in [-0.1, -0.05) is 19.9 Å². The number of aromatic nitrogens is 3. The summed E-state index contributed by atoms with van der Waals surface area (Å²) in [6.07, 6.45) is 3.85. The molecule has 182 valence electrons. The van der Waals surface area contributed by atoms with Crippen LogP contribution in [0.15, 0.2) is 30.5 Å². The van der Waals surface area contributed by atoms with Gasteiger partial charge in [0.15, 0.2) is 5.82 Å². The molecule has 34 heavy (non-hydrogen) atoms. The third-order valence-corrected chi connectivity index (χ3v) is 8.99. The number of likely N-dealkylation sites (tertiary alicyclic amines) is 1. The van der Waals surface area contributed by atoms with Crippen LogP contribution < -0.4 is 10.5 Å². The number of nitrogens with one attached hydrogen (secondary N) is 1. The van der Waals surface area contributed by atoms with E-state index in [1.165, 1.54) is 17.4 Å².